The van der Waals surface area contributed by atoms with Gasteiger partial charge in [0.25, 0.3) is 0 Å². The fourth-order valence-electron chi connectivity index (χ4n) is 5.73. The lowest BCUT2D eigenvalue weighted by Crippen LogP contribution is -2.47. The summed E-state index contributed by atoms with van der Waals surface area (Å²) in [6.45, 7) is 5.96. The van der Waals surface area contributed by atoms with Crippen molar-refractivity contribution in [2.24, 2.45) is 0 Å². The predicted molar refractivity (Wildman–Crippen MR) is 159 cm³/mol. The van der Waals surface area contributed by atoms with Crippen molar-refractivity contribution in [3.63, 3.8) is 0 Å². The molecule has 0 saturated carbocycles. The van der Waals surface area contributed by atoms with Crippen molar-refractivity contribution < 1.29 is 14.6 Å². The van der Waals surface area contributed by atoms with E-state index in [1.54, 1.807) is 17.7 Å². The van der Waals surface area contributed by atoms with E-state index in [-0.39, 0.29) is 6.23 Å². The average Bonchev–Trinajstić information content (AvgIpc) is 3.75. The first-order valence-electron chi connectivity index (χ1n) is 14.3. The van der Waals surface area contributed by atoms with Crippen LogP contribution in [-0.4, -0.2) is 82.9 Å². The Morgan fingerprint density at radius 2 is 1.90 bits per heavy atom. The molecule has 11 nitrogen and oxygen atoms in total. The number of hydrogen-bond acceptors (Lipinski definition) is 8. The molecule has 1 N–H and O–H groups in total. The SMILES string of the molecule is Cc1nc2ccc(CN3CCN(C(=O)O)CC3)cn2c1-c1nc(-c2ccccc2)c(-c2ncn(C3CCCCO3)n2)s1. The Balaban J connectivity index is 1.24. The molecular weight excluding hydrogens is 552 g/mol. The summed E-state index contributed by atoms with van der Waals surface area (Å²) in [7, 11) is 0. The van der Waals surface area contributed by atoms with Crippen LogP contribution in [0.3, 0.4) is 0 Å². The number of rotatable bonds is 6. The third-order valence-corrected chi connectivity index (χ3v) is 9.00. The average molecular weight is 585 g/mol. The number of ether oxygens (including phenoxy) is 1. The summed E-state index contributed by atoms with van der Waals surface area (Å²) < 4.78 is 9.90. The Morgan fingerprint density at radius 1 is 1.07 bits per heavy atom. The highest BCUT2D eigenvalue weighted by atomic mass is 32.1. The summed E-state index contributed by atoms with van der Waals surface area (Å²) in [6.07, 6.45) is 6.09. The van der Waals surface area contributed by atoms with Crippen LogP contribution in [0.25, 0.3) is 38.3 Å². The molecule has 2 fully saturated rings. The Morgan fingerprint density at radius 3 is 2.67 bits per heavy atom. The third kappa shape index (κ3) is 5.17. The fraction of sp³-hybridized carbons (Fsp3) is 0.367. The van der Waals surface area contributed by atoms with Crippen LogP contribution in [0.2, 0.25) is 0 Å². The largest absolute Gasteiger partial charge is 0.465 e. The molecule has 6 heterocycles. The van der Waals surface area contributed by atoms with Crippen molar-refractivity contribution in [2.45, 2.75) is 39.0 Å². The Hall–Kier alpha value is -4.13. The van der Waals surface area contributed by atoms with Crippen molar-refractivity contribution >= 4 is 23.1 Å². The number of hydrogen-bond donors (Lipinski definition) is 1. The van der Waals surface area contributed by atoms with Crippen LogP contribution in [-0.2, 0) is 11.3 Å². The van der Waals surface area contributed by atoms with Gasteiger partial charge in [-0.2, -0.15) is 0 Å². The number of aromatic nitrogens is 6. The second-order valence-corrected chi connectivity index (χ2v) is 11.8. The minimum absolute atomic E-state index is 0.0842. The summed E-state index contributed by atoms with van der Waals surface area (Å²) >= 11 is 1.58. The van der Waals surface area contributed by atoms with E-state index in [0.717, 1.165) is 76.2 Å². The highest BCUT2D eigenvalue weighted by Crippen LogP contribution is 2.40. The maximum Gasteiger partial charge on any atom is 0.407 e. The van der Waals surface area contributed by atoms with Gasteiger partial charge in [0.15, 0.2) is 12.1 Å². The number of amides is 1. The van der Waals surface area contributed by atoms with Crippen LogP contribution in [0, 0.1) is 6.92 Å². The van der Waals surface area contributed by atoms with Crippen molar-refractivity contribution in [1.29, 1.82) is 0 Å². The molecule has 1 amide bonds. The lowest BCUT2D eigenvalue weighted by Gasteiger charge is -2.33. The van der Waals surface area contributed by atoms with Crippen molar-refractivity contribution in [2.75, 3.05) is 32.8 Å². The summed E-state index contributed by atoms with van der Waals surface area (Å²) in [4.78, 5) is 30.7. The molecule has 2 aliphatic heterocycles. The van der Waals surface area contributed by atoms with Crippen molar-refractivity contribution in [3.05, 3.63) is 66.2 Å². The molecule has 5 aromatic rings. The maximum atomic E-state index is 11.3. The Bertz CT molecular complexity index is 1720. The standard InChI is InChI=1S/C30H32N8O3S/c1-20-26(37-18-21(10-11-23(37)32-20)17-35-12-14-36(15-13-35)30(39)40)29-33-25(22-7-3-2-4-8-22)27(42-29)28-31-19-38(34-28)24-9-5-6-16-41-24/h2-4,7-8,10-11,18-19,24H,5-6,9,12-17H2,1H3,(H,39,40). The number of piperazine rings is 1. The Kier molecular flexibility index (Phi) is 7.18. The molecule has 0 radical (unpaired) electrons. The molecule has 0 bridgehead atoms. The number of carbonyl (C=O) groups is 1. The van der Waals surface area contributed by atoms with Gasteiger partial charge in [-0.25, -0.2) is 24.4 Å². The number of thiazole rings is 1. The summed E-state index contributed by atoms with van der Waals surface area (Å²) in [6, 6.07) is 14.3. The van der Waals surface area contributed by atoms with E-state index in [9.17, 15) is 9.90 Å². The first-order valence-corrected chi connectivity index (χ1v) is 15.1. The van der Waals surface area contributed by atoms with Gasteiger partial charge in [0, 0.05) is 51.1 Å². The smallest absolute Gasteiger partial charge is 0.407 e. The molecule has 0 spiro atoms. The van der Waals surface area contributed by atoms with Gasteiger partial charge in [0.05, 0.1) is 11.4 Å². The molecule has 42 heavy (non-hydrogen) atoms. The number of pyridine rings is 1. The number of aryl methyl sites for hydroxylation is 1. The third-order valence-electron chi connectivity index (χ3n) is 7.94. The zero-order valence-electron chi connectivity index (χ0n) is 23.4. The molecule has 1 aromatic carbocycles. The molecule has 7 rings (SSSR count). The fourth-order valence-corrected chi connectivity index (χ4v) is 6.85. The van der Waals surface area contributed by atoms with Crippen LogP contribution in [0.15, 0.2) is 55.0 Å². The molecular formula is C30H32N8O3S. The van der Waals surface area contributed by atoms with E-state index in [1.165, 1.54) is 4.90 Å². The number of carboxylic acid groups (broad SMARTS) is 1. The zero-order chi connectivity index (χ0) is 28.6. The molecule has 216 valence electrons. The zero-order valence-corrected chi connectivity index (χ0v) is 24.2. The first kappa shape index (κ1) is 26.7. The van der Waals surface area contributed by atoms with Crippen LogP contribution in [0.4, 0.5) is 4.79 Å². The van der Waals surface area contributed by atoms with Gasteiger partial charge in [-0.1, -0.05) is 36.4 Å². The predicted octanol–water partition coefficient (Wildman–Crippen LogP) is 5.19. The second-order valence-electron chi connectivity index (χ2n) is 10.8. The van der Waals surface area contributed by atoms with E-state index in [4.69, 9.17) is 24.8 Å². The normalized spacial score (nSPS) is 18.1. The van der Waals surface area contributed by atoms with Crippen LogP contribution >= 0.6 is 11.3 Å². The van der Waals surface area contributed by atoms with Crippen LogP contribution in [0.1, 0.15) is 36.7 Å². The molecule has 4 aromatic heterocycles. The van der Waals surface area contributed by atoms with Crippen LogP contribution < -0.4 is 0 Å². The number of imidazole rings is 1. The van der Waals surface area contributed by atoms with Crippen LogP contribution in [0.5, 0.6) is 0 Å². The van der Waals surface area contributed by atoms with E-state index in [2.05, 4.69) is 33.7 Å². The van der Waals surface area contributed by atoms with Gasteiger partial charge in [-0.05, 0) is 37.8 Å². The van der Waals surface area contributed by atoms with E-state index < -0.39 is 6.09 Å². The number of fused-ring (bicyclic) bond motifs is 1. The molecule has 1 atom stereocenters. The highest BCUT2D eigenvalue weighted by molar-refractivity contribution is 7.18. The molecule has 2 saturated heterocycles. The van der Waals surface area contributed by atoms with Gasteiger partial charge in [-0.3, -0.25) is 9.30 Å². The minimum atomic E-state index is -0.850. The van der Waals surface area contributed by atoms with E-state index in [1.807, 2.05) is 35.9 Å². The topological polar surface area (TPSA) is 114 Å². The summed E-state index contributed by atoms with van der Waals surface area (Å²) in [5.74, 6) is 0.638. The second kappa shape index (κ2) is 11.3. The van der Waals surface area contributed by atoms with Gasteiger partial charge in [0.2, 0.25) is 0 Å². The lowest BCUT2D eigenvalue weighted by atomic mass is 10.1. The number of nitrogens with zero attached hydrogens (tertiary/aromatic N) is 8. The van der Waals surface area contributed by atoms with Gasteiger partial charge in [-0.15, -0.1) is 16.4 Å². The highest BCUT2D eigenvalue weighted by Gasteiger charge is 2.25. The molecule has 2 aliphatic rings. The minimum Gasteiger partial charge on any atom is -0.465 e. The number of benzene rings is 1. The summed E-state index contributed by atoms with van der Waals surface area (Å²) in [5, 5.41) is 15.0. The molecule has 0 aliphatic carbocycles. The summed E-state index contributed by atoms with van der Waals surface area (Å²) in [5.41, 5.74) is 5.70. The molecule has 12 heteroatoms. The quantitative estimate of drug-likeness (QED) is 0.290. The van der Waals surface area contributed by atoms with Gasteiger partial charge >= 0.3 is 6.09 Å². The van der Waals surface area contributed by atoms with Crippen molar-refractivity contribution in [3.8, 4) is 32.7 Å². The van der Waals surface area contributed by atoms with Gasteiger partial charge < -0.3 is 14.7 Å². The maximum absolute atomic E-state index is 11.3. The van der Waals surface area contributed by atoms with Crippen molar-refractivity contribution in [1.82, 2.24) is 38.9 Å². The van der Waals surface area contributed by atoms with Gasteiger partial charge in [0.1, 0.15) is 27.6 Å². The monoisotopic (exact) mass is 584 g/mol. The Labute approximate surface area is 247 Å². The van der Waals surface area contributed by atoms with E-state index in [0.29, 0.717) is 32.0 Å². The lowest BCUT2D eigenvalue weighted by molar-refractivity contribution is -0.0395. The molecule has 1 unspecified atom stereocenters. The van der Waals surface area contributed by atoms with E-state index >= 15 is 0 Å². The first-order chi connectivity index (χ1) is 20.5.